The maximum atomic E-state index is 8.80. The Bertz CT molecular complexity index is 639. The van der Waals surface area contributed by atoms with Gasteiger partial charge in [0.25, 0.3) is 0 Å². The van der Waals surface area contributed by atoms with E-state index in [0.717, 1.165) is 16.7 Å². The van der Waals surface area contributed by atoms with Crippen LogP contribution < -0.4 is 5.48 Å². The van der Waals surface area contributed by atoms with Gasteiger partial charge >= 0.3 is 0 Å². The summed E-state index contributed by atoms with van der Waals surface area (Å²) in [5.74, 6) is 0. The zero-order valence-electron chi connectivity index (χ0n) is 11.2. The minimum Gasteiger partial charge on any atom is -0.316 e. The Balaban J connectivity index is 2.25. The van der Waals surface area contributed by atoms with E-state index < -0.39 is 0 Å². The van der Waals surface area contributed by atoms with Gasteiger partial charge in [0.15, 0.2) is 0 Å². The molecule has 0 aliphatic rings. The lowest BCUT2D eigenvalue weighted by atomic mass is 10.0. The van der Waals surface area contributed by atoms with Crippen molar-refractivity contribution in [3.05, 3.63) is 65.7 Å². The molecular weight excluding hydrogens is 248 g/mol. The average Bonchev–Trinajstić information content (AvgIpc) is 2.53. The first-order chi connectivity index (χ1) is 9.72. The second-order valence-corrected chi connectivity index (χ2v) is 4.59. The first kappa shape index (κ1) is 14.0. The minimum absolute atomic E-state index is 0.0893. The van der Waals surface area contributed by atoms with Crippen LogP contribution in [0, 0.1) is 11.3 Å². The van der Waals surface area contributed by atoms with Crippen LogP contribution in [0.5, 0.6) is 0 Å². The predicted molar refractivity (Wildman–Crippen MR) is 80.0 cm³/mol. The Labute approximate surface area is 118 Å². The van der Waals surface area contributed by atoms with Crippen molar-refractivity contribution in [3.63, 3.8) is 0 Å². The molecule has 0 unspecified atom stereocenters. The molecular formula is C17H16N2O. The van der Waals surface area contributed by atoms with E-state index in [-0.39, 0.29) is 6.04 Å². The quantitative estimate of drug-likeness (QED) is 0.829. The van der Waals surface area contributed by atoms with Gasteiger partial charge in [-0.05, 0) is 41.8 Å². The largest absolute Gasteiger partial charge is 0.316 e. The van der Waals surface area contributed by atoms with Crippen LogP contribution in [0.15, 0.2) is 54.6 Å². The summed E-state index contributed by atoms with van der Waals surface area (Å²) < 4.78 is 0. The van der Waals surface area contributed by atoms with E-state index in [1.165, 1.54) is 0 Å². The molecule has 2 N–H and O–H groups in total. The van der Waals surface area contributed by atoms with Crippen LogP contribution in [-0.2, 0) is 0 Å². The lowest BCUT2D eigenvalue weighted by Crippen LogP contribution is -2.18. The van der Waals surface area contributed by atoms with E-state index in [1.807, 2.05) is 61.5 Å². The Morgan fingerprint density at radius 2 is 1.90 bits per heavy atom. The molecule has 0 bridgehead atoms. The summed E-state index contributed by atoms with van der Waals surface area (Å²) in [6.45, 7) is 1.86. The SMILES string of the molecule is C[C@@H](/C=C/c1cccc(-c2ccc(C#N)cc2)c1)NO. The summed E-state index contributed by atoms with van der Waals surface area (Å²) in [5.41, 5.74) is 6.08. The molecule has 100 valence electrons. The number of benzene rings is 2. The molecule has 20 heavy (non-hydrogen) atoms. The molecule has 2 aromatic carbocycles. The van der Waals surface area contributed by atoms with Crippen molar-refractivity contribution >= 4 is 6.08 Å². The Morgan fingerprint density at radius 1 is 1.15 bits per heavy atom. The normalized spacial score (nSPS) is 12.2. The van der Waals surface area contributed by atoms with Crippen LogP contribution in [-0.4, -0.2) is 11.2 Å². The number of nitrogens with zero attached hydrogens (tertiary/aromatic N) is 1. The van der Waals surface area contributed by atoms with Gasteiger partial charge in [-0.2, -0.15) is 10.7 Å². The summed E-state index contributed by atoms with van der Waals surface area (Å²) >= 11 is 0. The maximum absolute atomic E-state index is 8.80. The summed E-state index contributed by atoms with van der Waals surface area (Å²) in [7, 11) is 0. The molecule has 0 aromatic heterocycles. The predicted octanol–water partition coefficient (Wildman–Crippen LogP) is 3.61. The lowest BCUT2D eigenvalue weighted by Gasteiger charge is -2.04. The van der Waals surface area contributed by atoms with Crippen LogP contribution in [0.4, 0.5) is 0 Å². The van der Waals surface area contributed by atoms with E-state index in [9.17, 15) is 0 Å². The fourth-order valence-corrected chi connectivity index (χ4v) is 1.86. The highest BCUT2D eigenvalue weighted by atomic mass is 16.5. The molecule has 3 nitrogen and oxygen atoms in total. The number of hydrogen-bond acceptors (Lipinski definition) is 3. The monoisotopic (exact) mass is 264 g/mol. The van der Waals surface area contributed by atoms with Gasteiger partial charge in [-0.25, -0.2) is 0 Å². The van der Waals surface area contributed by atoms with Gasteiger partial charge in [0.05, 0.1) is 11.6 Å². The van der Waals surface area contributed by atoms with Gasteiger partial charge in [0.2, 0.25) is 0 Å². The first-order valence-electron chi connectivity index (χ1n) is 6.41. The fraction of sp³-hybridized carbons (Fsp3) is 0.118. The van der Waals surface area contributed by atoms with Crippen molar-refractivity contribution in [1.82, 2.24) is 5.48 Å². The molecule has 0 saturated carbocycles. The molecule has 0 amide bonds. The average molecular weight is 264 g/mol. The van der Waals surface area contributed by atoms with Crippen molar-refractivity contribution in [2.45, 2.75) is 13.0 Å². The van der Waals surface area contributed by atoms with Crippen molar-refractivity contribution < 1.29 is 5.21 Å². The van der Waals surface area contributed by atoms with Gasteiger partial charge in [0.1, 0.15) is 0 Å². The molecule has 2 rings (SSSR count). The molecule has 0 fully saturated rings. The summed E-state index contributed by atoms with van der Waals surface area (Å²) in [6.07, 6.45) is 3.85. The van der Waals surface area contributed by atoms with E-state index >= 15 is 0 Å². The van der Waals surface area contributed by atoms with Crippen molar-refractivity contribution in [3.8, 4) is 17.2 Å². The molecule has 2 aromatic rings. The van der Waals surface area contributed by atoms with Crippen LogP contribution in [0.1, 0.15) is 18.1 Å². The van der Waals surface area contributed by atoms with Crippen molar-refractivity contribution in [1.29, 1.82) is 5.26 Å². The van der Waals surface area contributed by atoms with Crippen LogP contribution in [0.25, 0.3) is 17.2 Å². The number of nitriles is 1. The third-order valence-electron chi connectivity index (χ3n) is 3.01. The highest BCUT2D eigenvalue weighted by Gasteiger charge is 1.99. The van der Waals surface area contributed by atoms with Crippen molar-refractivity contribution in [2.24, 2.45) is 0 Å². The highest BCUT2D eigenvalue weighted by molar-refractivity contribution is 5.68. The smallest absolute Gasteiger partial charge is 0.0991 e. The Hall–Kier alpha value is -2.41. The van der Waals surface area contributed by atoms with Gasteiger partial charge in [-0.3, -0.25) is 0 Å². The summed E-state index contributed by atoms with van der Waals surface area (Å²) in [5, 5.41) is 17.6. The van der Waals surface area contributed by atoms with Crippen LogP contribution >= 0.6 is 0 Å². The Morgan fingerprint density at radius 3 is 2.55 bits per heavy atom. The zero-order valence-corrected chi connectivity index (χ0v) is 11.2. The molecule has 0 spiro atoms. The molecule has 0 aliphatic carbocycles. The molecule has 0 radical (unpaired) electrons. The summed E-state index contributed by atoms with van der Waals surface area (Å²) in [4.78, 5) is 0. The van der Waals surface area contributed by atoms with E-state index in [2.05, 4.69) is 17.6 Å². The highest BCUT2D eigenvalue weighted by Crippen LogP contribution is 2.21. The number of hydrogen-bond donors (Lipinski definition) is 2. The molecule has 1 atom stereocenters. The van der Waals surface area contributed by atoms with Gasteiger partial charge in [-0.15, -0.1) is 0 Å². The first-order valence-corrected chi connectivity index (χ1v) is 6.41. The van der Waals surface area contributed by atoms with Gasteiger partial charge in [-0.1, -0.05) is 42.5 Å². The van der Waals surface area contributed by atoms with Crippen LogP contribution in [0.2, 0.25) is 0 Å². The van der Waals surface area contributed by atoms with E-state index in [4.69, 9.17) is 10.5 Å². The number of rotatable bonds is 4. The van der Waals surface area contributed by atoms with E-state index in [0.29, 0.717) is 5.56 Å². The second-order valence-electron chi connectivity index (χ2n) is 4.59. The molecule has 3 heteroatoms. The lowest BCUT2D eigenvalue weighted by molar-refractivity contribution is 0.150. The number of hydroxylamine groups is 1. The third-order valence-corrected chi connectivity index (χ3v) is 3.01. The van der Waals surface area contributed by atoms with E-state index in [1.54, 1.807) is 0 Å². The van der Waals surface area contributed by atoms with Crippen molar-refractivity contribution in [2.75, 3.05) is 0 Å². The Kier molecular flexibility index (Phi) is 4.67. The minimum atomic E-state index is -0.0893. The van der Waals surface area contributed by atoms with Gasteiger partial charge < -0.3 is 5.21 Å². The third kappa shape index (κ3) is 3.55. The molecule has 0 heterocycles. The topological polar surface area (TPSA) is 56.0 Å². The fourth-order valence-electron chi connectivity index (χ4n) is 1.86. The number of nitrogens with one attached hydrogen (secondary N) is 1. The summed E-state index contributed by atoms with van der Waals surface area (Å²) in [6, 6.07) is 17.6. The second kappa shape index (κ2) is 6.67. The standard InChI is InChI=1S/C17H16N2O/c1-13(19-20)5-6-14-3-2-4-17(11-14)16-9-7-15(12-18)8-10-16/h2-11,13,19-20H,1H3/b6-5+/t13-/m0/s1. The van der Waals surface area contributed by atoms with Gasteiger partial charge in [0, 0.05) is 6.04 Å². The molecule has 0 aliphatic heterocycles. The zero-order chi connectivity index (χ0) is 14.4. The van der Waals surface area contributed by atoms with Crippen LogP contribution in [0.3, 0.4) is 0 Å². The maximum Gasteiger partial charge on any atom is 0.0991 e. The molecule has 0 saturated heterocycles.